The Hall–Kier alpha value is -1.65. The summed E-state index contributed by atoms with van der Waals surface area (Å²) < 4.78 is 0. The normalized spacial score (nSPS) is 23.3. The topological polar surface area (TPSA) is 0 Å². The van der Waals surface area contributed by atoms with Crippen LogP contribution in [-0.4, -0.2) is 0 Å². The summed E-state index contributed by atoms with van der Waals surface area (Å²) in [5, 5.41) is 4.50. The van der Waals surface area contributed by atoms with Crippen LogP contribution in [0.3, 0.4) is 0 Å². The summed E-state index contributed by atoms with van der Waals surface area (Å²) in [5.74, 6) is 0.564. The van der Waals surface area contributed by atoms with Crippen LogP contribution in [0.4, 0.5) is 0 Å². The van der Waals surface area contributed by atoms with E-state index in [9.17, 15) is 0 Å². The number of rotatable bonds is 5. The third-order valence-corrected chi connectivity index (χ3v) is 7.93. The highest BCUT2D eigenvalue weighted by Gasteiger charge is 2.35. The molecule has 24 heavy (non-hydrogen) atoms. The molecule has 0 nitrogen and oxygen atoms in total. The highest BCUT2D eigenvalue weighted by molar-refractivity contribution is 7.76. The zero-order chi connectivity index (χ0) is 17.0. The van der Waals surface area contributed by atoms with Crippen molar-refractivity contribution in [1.29, 1.82) is 0 Å². The fourth-order valence-electron chi connectivity index (χ4n) is 3.70. The maximum absolute atomic E-state index is 2.42. The minimum atomic E-state index is -0.468. The Kier molecular flexibility index (Phi) is 5.36. The monoisotopic (exact) mass is 334 g/mol. The molecule has 0 aliphatic heterocycles. The molecular formula is C23H27P. The predicted molar refractivity (Wildman–Crippen MR) is 108 cm³/mol. The molecule has 0 amide bonds. The van der Waals surface area contributed by atoms with Crippen molar-refractivity contribution in [2.75, 3.05) is 0 Å². The van der Waals surface area contributed by atoms with Crippen LogP contribution in [0.5, 0.6) is 0 Å². The van der Waals surface area contributed by atoms with Crippen LogP contribution in [0.2, 0.25) is 0 Å². The lowest BCUT2D eigenvalue weighted by atomic mass is 9.72. The lowest BCUT2D eigenvalue weighted by Crippen LogP contribution is -2.28. The molecule has 2 atom stereocenters. The third kappa shape index (κ3) is 3.40. The first-order valence-corrected chi connectivity index (χ1v) is 10.3. The second-order valence-corrected chi connectivity index (χ2v) is 9.15. The molecule has 0 saturated heterocycles. The molecule has 0 N–H and O–H groups in total. The Bertz CT molecular complexity index is 675. The van der Waals surface area contributed by atoms with Gasteiger partial charge in [-0.05, 0) is 41.6 Å². The number of hydrogen-bond donors (Lipinski definition) is 0. The lowest BCUT2D eigenvalue weighted by molar-refractivity contribution is 0.292. The minimum absolute atomic E-state index is 0.267. The van der Waals surface area contributed by atoms with E-state index in [0.29, 0.717) is 5.92 Å². The predicted octanol–water partition coefficient (Wildman–Crippen LogP) is 6.02. The largest absolute Gasteiger partial charge is 0.0780 e. The van der Waals surface area contributed by atoms with E-state index >= 15 is 0 Å². The standard InChI is InChI=1S/C23H27P/c1-4-17-23(3)18-11-16-22(19(23)2)24(20-12-7-5-8-13-20)21-14-9-6-10-15-21/h5-16,18-19H,4,17H2,1-3H3. The highest BCUT2D eigenvalue weighted by atomic mass is 31.1. The first kappa shape index (κ1) is 17.2. The molecule has 0 saturated carbocycles. The lowest BCUT2D eigenvalue weighted by Gasteiger charge is -2.40. The second kappa shape index (κ2) is 7.49. The Morgan fingerprint density at radius 1 is 0.917 bits per heavy atom. The molecule has 3 rings (SSSR count). The molecule has 1 aliphatic rings. The summed E-state index contributed by atoms with van der Waals surface area (Å²) in [7, 11) is -0.468. The van der Waals surface area contributed by atoms with Gasteiger partial charge in [-0.15, -0.1) is 0 Å². The number of benzene rings is 2. The van der Waals surface area contributed by atoms with Gasteiger partial charge in [0.15, 0.2) is 0 Å². The summed E-state index contributed by atoms with van der Waals surface area (Å²) in [4.78, 5) is 0. The van der Waals surface area contributed by atoms with Crippen molar-refractivity contribution in [2.24, 2.45) is 11.3 Å². The maximum Gasteiger partial charge on any atom is -0.00769 e. The Balaban J connectivity index is 2.07. The Morgan fingerprint density at radius 2 is 1.46 bits per heavy atom. The van der Waals surface area contributed by atoms with Gasteiger partial charge in [-0.1, -0.05) is 106 Å². The van der Waals surface area contributed by atoms with Gasteiger partial charge in [0.1, 0.15) is 0 Å². The first-order valence-electron chi connectivity index (χ1n) is 8.95. The van der Waals surface area contributed by atoms with Gasteiger partial charge in [-0.3, -0.25) is 0 Å². The molecule has 2 aromatic rings. The van der Waals surface area contributed by atoms with E-state index in [0.717, 1.165) is 0 Å². The quantitative estimate of drug-likeness (QED) is 0.587. The third-order valence-electron chi connectivity index (χ3n) is 5.25. The van der Waals surface area contributed by atoms with Crippen molar-refractivity contribution in [1.82, 2.24) is 0 Å². The van der Waals surface area contributed by atoms with E-state index in [1.54, 1.807) is 5.31 Å². The van der Waals surface area contributed by atoms with Gasteiger partial charge in [0, 0.05) is 0 Å². The molecule has 2 aromatic carbocycles. The van der Waals surface area contributed by atoms with Crippen LogP contribution >= 0.6 is 7.92 Å². The van der Waals surface area contributed by atoms with Gasteiger partial charge in [-0.2, -0.15) is 0 Å². The van der Waals surface area contributed by atoms with E-state index in [2.05, 4.69) is 99.7 Å². The SMILES string of the molecule is CCCC1(C)C=CC=C(P(c2ccccc2)c2ccccc2)C1C. The Morgan fingerprint density at radius 3 is 1.96 bits per heavy atom. The summed E-state index contributed by atoms with van der Waals surface area (Å²) in [6, 6.07) is 22.1. The van der Waals surface area contributed by atoms with Gasteiger partial charge in [0.25, 0.3) is 0 Å². The summed E-state index contributed by atoms with van der Waals surface area (Å²) >= 11 is 0. The molecule has 124 valence electrons. The zero-order valence-electron chi connectivity index (χ0n) is 14.9. The average molecular weight is 334 g/mol. The van der Waals surface area contributed by atoms with Gasteiger partial charge in [0.05, 0.1) is 0 Å². The molecule has 0 aromatic heterocycles. The number of allylic oxidation sites excluding steroid dienone is 4. The molecule has 0 radical (unpaired) electrons. The minimum Gasteiger partial charge on any atom is -0.0780 e. The molecule has 1 heteroatoms. The van der Waals surface area contributed by atoms with Gasteiger partial charge in [-0.25, -0.2) is 0 Å². The van der Waals surface area contributed by atoms with Crippen molar-refractivity contribution >= 4 is 18.5 Å². The van der Waals surface area contributed by atoms with Crippen molar-refractivity contribution in [3.8, 4) is 0 Å². The second-order valence-electron chi connectivity index (χ2n) is 6.93. The smallest absolute Gasteiger partial charge is 0.00769 e. The molecule has 0 heterocycles. The number of hydrogen-bond acceptors (Lipinski definition) is 0. The van der Waals surface area contributed by atoms with E-state index in [-0.39, 0.29) is 5.41 Å². The van der Waals surface area contributed by atoms with Gasteiger partial charge in [0.2, 0.25) is 0 Å². The molecular weight excluding hydrogens is 307 g/mol. The van der Waals surface area contributed by atoms with Crippen molar-refractivity contribution in [3.05, 3.63) is 84.2 Å². The van der Waals surface area contributed by atoms with E-state index in [1.807, 2.05) is 0 Å². The molecule has 0 spiro atoms. The van der Waals surface area contributed by atoms with E-state index in [4.69, 9.17) is 0 Å². The van der Waals surface area contributed by atoms with Crippen LogP contribution in [0.1, 0.15) is 33.6 Å². The molecule has 1 aliphatic carbocycles. The summed E-state index contributed by atoms with van der Waals surface area (Å²) in [5.41, 5.74) is 0.267. The van der Waals surface area contributed by atoms with Crippen molar-refractivity contribution in [2.45, 2.75) is 33.6 Å². The molecule has 0 bridgehead atoms. The molecule has 2 unspecified atom stereocenters. The van der Waals surface area contributed by atoms with Crippen LogP contribution in [-0.2, 0) is 0 Å². The van der Waals surface area contributed by atoms with Gasteiger partial charge >= 0.3 is 0 Å². The summed E-state index contributed by atoms with van der Waals surface area (Å²) in [6.07, 6.45) is 9.58. The van der Waals surface area contributed by atoms with Crippen LogP contribution in [0, 0.1) is 11.3 Å². The van der Waals surface area contributed by atoms with Crippen molar-refractivity contribution in [3.63, 3.8) is 0 Å². The highest BCUT2D eigenvalue weighted by Crippen LogP contribution is 2.54. The van der Waals surface area contributed by atoms with Crippen LogP contribution < -0.4 is 10.6 Å². The van der Waals surface area contributed by atoms with Crippen LogP contribution in [0.25, 0.3) is 0 Å². The zero-order valence-corrected chi connectivity index (χ0v) is 15.8. The summed E-state index contributed by atoms with van der Waals surface area (Å²) in [6.45, 7) is 7.14. The van der Waals surface area contributed by atoms with Crippen molar-refractivity contribution < 1.29 is 0 Å². The Labute approximate surface area is 148 Å². The maximum atomic E-state index is 2.42. The fraction of sp³-hybridized carbons (Fsp3) is 0.304. The van der Waals surface area contributed by atoms with Crippen LogP contribution in [0.15, 0.2) is 84.2 Å². The van der Waals surface area contributed by atoms with Gasteiger partial charge < -0.3 is 0 Å². The van der Waals surface area contributed by atoms with E-state index < -0.39 is 7.92 Å². The van der Waals surface area contributed by atoms with E-state index in [1.165, 1.54) is 23.5 Å². The molecule has 0 fully saturated rings. The first-order chi connectivity index (χ1) is 11.7. The average Bonchev–Trinajstić information content (AvgIpc) is 2.61. The fourth-order valence-corrected chi connectivity index (χ4v) is 6.45.